The van der Waals surface area contributed by atoms with Gasteiger partial charge in [-0.3, -0.25) is 4.79 Å². The van der Waals surface area contributed by atoms with Gasteiger partial charge >= 0.3 is 11.9 Å². The van der Waals surface area contributed by atoms with Gasteiger partial charge in [0, 0.05) is 18.8 Å². The Hall–Kier alpha value is -1.51. The van der Waals surface area contributed by atoms with Gasteiger partial charge in [-0.2, -0.15) is 0 Å². The van der Waals surface area contributed by atoms with Gasteiger partial charge in [-0.05, 0) is 6.92 Å². The summed E-state index contributed by atoms with van der Waals surface area (Å²) >= 11 is 0. The van der Waals surface area contributed by atoms with E-state index in [1.165, 1.54) is 6.92 Å². The summed E-state index contributed by atoms with van der Waals surface area (Å²) in [6, 6.07) is 0. The molecule has 0 amide bonds. The normalized spacial score (nSPS) is 57.6. The van der Waals surface area contributed by atoms with Crippen molar-refractivity contribution in [3.05, 3.63) is 0 Å². The van der Waals surface area contributed by atoms with Gasteiger partial charge in [0.05, 0.1) is 16.4 Å². The van der Waals surface area contributed by atoms with E-state index in [1.807, 2.05) is 0 Å². The summed E-state index contributed by atoms with van der Waals surface area (Å²) in [5.74, 6) is -3.17. The van der Waals surface area contributed by atoms with E-state index in [4.69, 9.17) is 9.47 Å². The summed E-state index contributed by atoms with van der Waals surface area (Å²) in [5, 5.41) is 33.0. The van der Waals surface area contributed by atoms with E-state index in [9.17, 15) is 29.7 Å². The van der Waals surface area contributed by atoms with Crippen LogP contribution < -0.4 is 0 Å². The Labute approximate surface area is 131 Å². The fourth-order valence-corrected chi connectivity index (χ4v) is 5.42. The third kappa shape index (κ3) is 1.17. The molecular weight excluding hydrogens is 308 g/mol. The Balaban J connectivity index is 2.04. The summed E-state index contributed by atoms with van der Waals surface area (Å²) in [7, 11) is 0. The number of hydrogen-bond acceptors (Lipinski definition) is 8. The van der Waals surface area contributed by atoms with Gasteiger partial charge < -0.3 is 24.8 Å². The van der Waals surface area contributed by atoms with E-state index >= 15 is 0 Å². The van der Waals surface area contributed by atoms with E-state index in [1.54, 1.807) is 6.92 Å². The van der Waals surface area contributed by atoms with Crippen LogP contribution in [0.1, 0.15) is 26.7 Å². The van der Waals surface area contributed by atoms with Gasteiger partial charge in [0.1, 0.15) is 18.5 Å². The predicted molar refractivity (Wildman–Crippen MR) is 70.7 cm³/mol. The largest absolute Gasteiger partial charge is 0.463 e. The zero-order valence-electron chi connectivity index (χ0n) is 12.7. The number of rotatable bonds is 0. The van der Waals surface area contributed by atoms with Gasteiger partial charge in [0.25, 0.3) is 0 Å². The minimum Gasteiger partial charge on any atom is -0.463 e. The van der Waals surface area contributed by atoms with Crippen molar-refractivity contribution in [2.24, 2.45) is 16.7 Å². The highest BCUT2D eigenvalue weighted by Gasteiger charge is 2.87. The van der Waals surface area contributed by atoms with Crippen molar-refractivity contribution in [1.29, 1.82) is 0 Å². The topological polar surface area (TPSA) is 130 Å². The lowest BCUT2D eigenvalue weighted by Gasteiger charge is -2.63. The van der Waals surface area contributed by atoms with Crippen LogP contribution in [0.3, 0.4) is 0 Å². The Morgan fingerprint density at radius 2 is 1.87 bits per heavy atom. The lowest BCUT2D eigenvalue weighted by Crippen LogP contribution is -2.80. The maximum Gasteiger partial charge on any atom is 0.342 e. The molecule has 0 radical (unpaired) electrons. The van der Waals surface area contributed by atoms with Gasteiger partial charge in [0.15, 0.2) is 6.10 Å². The first-order chi connectivity index (χ1) is 10.6. The number of hydrogen-bond donors (Lipinski definition) is 3. The van der Waals surface area contributed by atoms with Crippen molar-refractivity contribution in [2.45, 2.75) is 50.1 Å². The van der Waals surface area contributed by atoms with E-state index in [-0.39, 0.29) is 25.2 Å². The molecular formula is C15H18O8. The van der Waals surface area contributed by atoms with E-state index in [0.29, 0.717) is 0 Å². The Kier molecular flexibility index (Phi) is 2.46. The number of esters is 2. The van der Waals surface area contributed by atoms with Gasteiger partial charge in [-0.15, -0.1) is 0 Å². The number of carbonyl (C=O) groups excluding carboxylic acids is 3. The number of cyclic esters (lactones) is 1. The second-order valence-corrected chi connectivity index (χ2v) is 7.47. The van der Waals surface area contributed by atoms with E-state index in [2.05, 4.69) is 0 Å². The first kappa shape index (κ1) is 15.0. The number of fused-ring (bicyclic) bond motifs is 4. The molecule has 0 aromatic carbocycles. The van der Waals surface area contributed by atoms with Gasteiger partial charge in [-0.1, -0.05) is 6.92 Å². The fourth-order valence-electron chi connectivity index (χ4n) is 5.42. The maximum absolute atomic E-state index is 12.4. The Morgan fingerprint density at radius 3 is 2.52 bits per heavy atom. The molecule has 4 fully saturated rings. The second-order valence-electron chi connectivity index (χ2n) is 7.47. The van der Waals surface area contributed by atoms with Crippen molar-refractivity contribution in [2.75, 3.05) is 6.61 Å². The van der Waals surface area contributed by atoms with Crippen LogP contribution in [0.5, 0.6) is 0 Å². The lowest BCUT2D eigenvalue weighted by molar-refractivity contribution is -0.320. The summed E-state index contributed by atoms with van der Waals surface area (Å²) in [6.45, 7) is 2.67. The first-order valence-corrected chi connectivity index (χ1v) is 7.59. The molecule has 4 rings (SSSR count). The second kappa shape index (κ2) is 3.76. The van der Waals surface area contributed by atoms with Crippen molar-refractivity contribution in [3.8, 4) is 0 Å². The van der Waals surface area contributed by atoms with Crippen LogP contribution in [-0.2, 0) is 23.9 Å². The summed E-state index contributed by atoms with van der Waals surface area (Å²) in [5.41, 5.74) is -7.26. The zero-order valence-corrected chi connectivity index (χ0v) is 12.7. The molecule has 2 aliphatic heterocycles. The Morgan fingerprint density at radius 1 is 1.22 bits per heavy atom. The van der Waals surface area contributed by atoms with E-state index in [0.717, 1.165) is 0 Å². The van der Waals surface area contributed by atoms with E-state index < -0.39 is 52.1 Å². The molecule has 0 aromatic heterocycles. The molecule has 1 unspecified atom stereocenters. The number of carbonyl (C=O) groups is 3. The van der Waals surface area contributed by atoms with Crippen LogP contribution in [0, 0.1) is 16.7 Å². The summed E-state index contributed by atoms with van der Waals surface area (Å²) in [6.07, 6.45) is -3.51. The summed E-state index contributed by atoms with van der Waals surface area (Å²) < 4.78 is 10.1. The average molecular weight is 326 g/mol. The first-order valence-electron chi connectivity index (χ1n) is 7.59. The van der Waals surface area contributed by atoms with Gasteiger partial charge in [0.2, 0.25) is 5.60 Å². The van der Waals surface area contributed by atoms with Crippen molar-refractivity contribution < 1.29 is 39.2 Å². The molecule has 8 nitrogen and oxygen atoms in total. The smallest absolute Gasteiger partial charge is 0.342 e. The summed E-state index contributed by atoms with van der Waals surface area (Å²) in [4.78, 5) is 36.7. The number of aliphatic hydroxyl groups is 3. The molecule has 0 aromatic rings. The number of Topliss-reactive ketones (excluding diaryl/α,β-unsaturated/α-hetero) is 1. The highest BCUT2D eigenvalue weighted by atomic mass is 16.6. The molecule has 4 aliphatic rings. The average Bonchev–Trinajstić information content (AvgIpc) is 2.85. The minimum absolute atomic E-state index is 0.176. The maximum atomic E-state index is 12.4. The molecule has 2 saturated heterocycles. The molecule has 2 bridgehead atoms. The van der Waals surface area contributed by atoms with Crippen molar-refractivity contribution >= 4 is 17.7 Å². The van der Waals surface area contributed by atoms with Crippen LogP contribution in [-0.4, -0.2) is 63.1 Å². The van der Waals surface area contributed by atoms with Crippen LogP contribution in [0.4, 0.5) is 0 Å². The number of ether oxygens (including phenoxy) is 2. The molecule has 3 N–H and O–H groups in total. The van der Waals surface area contributed by atoms with Crippen molar-refractivity contribution in [3.63, 3.8) is 0 Å². The predicted octanol–water partition coefficient (Wildman–Crippen LogP) is -1.70. The Bertz CT molecular complexity index is 660. The molecule has 8 heteroatoms. The van der Waals surface area contributed by atoms with Crippen LogP contribution in [0.25, 0.3) is 0 Å². The highest BCUT2D eigenvalue weighted by molar-refractivity contribution is 5.93. The molecule has 7 atom stereocenters. The molecule has 23 heavy (non-hydrogen) atoms. The standard InChI is InChI=1S/C15H18O8/c1-6-7(16)3-14(20)12(2)5-22-11(19)15(12,21)8-4-13(6,14)9(17)10(18)23-8/h6,8-9,17,20-21H,3-5H2,1-2H3/t6-,8-,9+,12+,13?,14+,15-/m1/s1. The highest BCUT2D eigenvalue weighted by Crippen LogP contribution is 2.70. The molecule has 126 valence electrons. The van der Waals surface area contributed by atoms with Crippen LogP contribution in [0.15, 0.2) is 0 Å². The zero-order chi connectivity index (χ0) is 17.0. The molecule has 2 saturated carbocycles. The van der Waals surface area contributed by atoms with Crippen LogP contribution >= 0.6 is 0 Å². The SMILES string of the molecule is C[C@@H]1C(=O)C[C@@]2(O)C13C[C@@H](OC(=O)[C@@H]3O)[C@@]1(O)C(=O)OC[C@@]21C. The van der Waals surface area contributed by atoms with Gasteiger partial charge in [-0.25, -0.2) is 9.59 Å². The quantitative estimate of drug-likeness (QED) is 0.449. The molecule has 1 spiro atoms. The van der Waals surface area contributed by atoms with Crippen molar-refractivity contribution in [1.82, 2.24) is 0 Å². The lowest BCUT2D eigenvalue weighted by atomic mass is 9.44. The van der Waals surface area contributed by atoms with Crippen LogP contribution in [0.2, 0.25) is 0 Å². The fraction of sp³-hybridized carbons (Fsp3) is 0.800. The minimum atomic E-state index is -2.24. The number of ketones is 1. The third-order valence-electron chi connectivity index (χ3n) is 6.97. The molecule has 2 heterocycles. The third-order valence-corrected chi connectivity index (χ3v) is 6.97. The monoisotopic (exact) mass is 326 g/mol. The molecule has 2 aliphatic carbocycles. The number of aliphatic hydroxyl groups excluding tert-OH is 1.